The van der Waals surface area contributed by atoms with Gasteiger partial charge in [-0.15, -0.1) is 0 Å². The summed E-state index contributed by atoms with van der Waals surface area (Å²) in [5.74, 6) is 1.56. The zero-order valence-electron chi connectivity index (χ0n) is 10.8. The minimum absolute atomic E-state index is 0.408. The fourth-order valence-electron chi connectivity index (χ4n) is 1.65. The molecule has 1 atom stereocenters. The van der Waals surface area contributed by atoms with Crippen LogP contribution in [-0.2, 0) is 6.42 Å². The van der Waals surface area contributed by atoms with Crippen LogP contribution < -0.4 is 10.1 Å². The number of hydrogen-bond acceptors (Lipinski definition) is 2. The van der Waals surface area contributed by atoms with Crippen LogP contribution in [0.4, 0.5) is 0 Å². The number of aryl methyl sites for hydroxylation is 1. The first kappa shape index (κ1) is 13.0. The van der Waals surface area contributed by atoms with Crippen LogP contribution in [0.15, 0.2) is 24.3 Å². The summed E-state index contributed by atoms with van der Waals surface area (Å²) in [6, 6.07) is 8.73. The SMILES string of the molecule is CCc1cccc(OCC(NC)C(C)C)c1. The lowest BCUT2D eigenvalue weighted by atomic mass is 10.1. The molecule has 0 aromatic heterocycles. The summed E-state index contributed by atoms with van der Waals surface area (Å²) in [5, 5.41) is 3.28. The molecule has 1 rings (SSSR count). The Bertz CT molecular complexity index is 309. The Morgan fingerprint density at radius 2 is 2.06 bits per heavy atom. The van der Waals surface area contributed by atoms with Gasteiger partial charge in [0, 0.05) is 6.04 Å². The first-order chi connectivity index (χ1) is 7.67. The van der Waals surface area contributed by atoms with E-state index in [1.54, 1.807) is 0 Å². The van der Waals surface area contributed by atoms with E-state index in [-0.39, 0.29) is 0 Å². The molecule has 1 N–H and O–H groups in total. The van der Waals surface area contributed by atoms with E-state index >= 15 is 0 Å². The normalized spacial score (nSPS) is 12.8. The van der Waals surface area contributed by atoms with Crippen molar-refractivity contribution in [2.45, 2.75) is 33.2 Å². The van der Waals surface area contributed by atoms with Crippen LogP contribution in [0.3, 0.4) is 0 Å². The average Bonchev–Trinajstić information content (AvgIpc) is 2.29. The van der Waals surface area contributed by atoms with Crippen LogP contribution in [0.25, 0.3) is 0 Å². The number of nitrogens with one attached hydrogen (secondary N) is 1. The molecule has 0 saturated carbocycles. The predicted molar refractivity (Wildman–Crippen MR) is 69.0 cm³/mol. The molecule has 0 spiro atoms. The maximum Gasteiger partial charge on any atom is 0.119 e. The molecule has 90 valence electrons. The third kappa shape index (κ3) is 3.86. The second-order valence-electron chi connectivity index (χ2n) is 4.45. The summed E-state index contributed by atoms with van der Waals surface area (Å²) in [6.07, 6.45) is 1.05. The van der Waals surface area contributed by atoms with Crippen LogP contribution >= 0.6 is 0 Å². The van der Waals surface area contributed by atoms with Crippen molar-refractivity contribution in [2.24, 2.45) is 5.92 Å². The highest BCUT2D eigenvalue weighted by Gasteiger charge is 2.11. The molecule has 2 heteroatoms. The van der Waals surface area contributed by atoms with Crippen molar-refractivity contribution >= 4 is 0 Å². The van der Waals surface area contributed by atoms with Crippen molar-refractivity contribution < 1.29 is 4.74 Å². The van der Waals surface area contributed by atoms with Gasteiger partial charge in [-0.3, -0.25) is 0 Å². The highest BCUT2D eigenvalue weighted by atomic mass is 16.5. The Morgan fingerprint density at radius 3 is 2.62 bits per heavy atom. The van der Waals surface area contributed by atoms with Gasteiger partial charge in [0.05, 0.1) is 0 Å². The van der Waals surface area contributed by atoms with E-state index in [4.69, 9.17) is 4.74 Å². The first-order valence-electron chi connectivity index (χ1n) is 6.06. The lowest BCUT2D eigenvalue weighted by Crippen LogP contribution is -2.36. The maximum atomic E-state index is 5.80. The number of likely N-dealkylation sites (N-methyl/N-ethyl adjacent to an activating group) is 1. The fraction of sp³-hybridized carbons (Fsp3) is 0.571. The van der Waals surface area contributed by atoms with Crippen molar-refractivity contribution in [3.8, 4) is 5.75 Å². The van der Waals surface area contributed by atoms with E-state index in [0.717, 1.165) is 18.8 Å². The maximum absolute atomic E-state index is 5.80. The highest BCUT2D eigenvalue weighted by Crippen LogP contribution is 2.14. The molecule has 16 heavy (non-hydrogen) atoms. The third-order valence-electron chi connectivity index (χ3n) is 2.91. The molecule has 1 unspecified atom stereocenters. The topological polar surface area (TPSA) is 21.3 Å². The van der Waals surface area contributed by atoms with E-state index in [0.29, 0.717) is 12.0 Å². The Hall–Kier alpha value is -1.02. The van der Waals surface area contributed by atoms with Crippen LogP contribution in [0, 0.1) is 5.92 Å². The predicted octanol–water partition coefficient (Wildman–Crippen LogP) is 2.87. The van der Waals surface area contributed by atoms with E-state index in [9.17, 15) is 0 Å². The number of hydrogen-bond donors (Lipinski definition) is 1. The van der Waals surface area contributed by atoms with Crippen molar-refractivity contribution in [1.82, 2.24) is 5.32 Å². The quantitative estimate of drug-likeness (QED) is 0.797. The second kappa shape index (κ2) is 6.54. The Kier molecular flexibility index (Phi) is 5.33. The Labute approximate surface area is 99.0 Å². The van der Waals surface area contributed by atoms with E-state index in [2.05, 4.69) is 44.3 Å². The molecule has 0 aliphatic carbocycles. The number of ether oxygens (including phenoxy) is 1. The van der Waals surface area contributed by atoms with Gasteiger partial charge in [0.2, 0.25) is 0 Å². The summed E-state index contributed by atoms with van der Waals surface area (Å²) < 4.78 is 5.80. The van der Waals surface area contributed by atoms with E-state index < -0.39 is 0 Å². The molecule has 0 fully saturated rings. The van der Waals surface area contributed by atoms with Crippen molar-refractivity contribution in [3.63, 3.8) is 0 Å². The van der Waals surface area contributed by atoms with Crippen molar-refractivity contribution in [1.29, 1.82) is 0 Å². The Balaban J connectivity index is 2.53. The third-order valence-corrected chi connectivity index (χ3v) is 2.91. The summed E-state index contributed by atoms with van der Waals surface area (Å²) >= 11 is 0. The van der Waals surface area contributed by atoms with Crippen LogP contribution in [-0.4, -0.2) is 19.7 Å². The van der Waals surface area contributed by atoms with Gasteiger partial charge in [0.25, 0.3) is 0 Å². The molecule has 0 aliphatic heterocycles. The second-order valence-corrected chi connectivity index (χ2v) is 4.45. The molecule has 0 heterocycles. The smallest absolute Gasteiger partial charge is 0.119 e. The summed E-state index contributed by atoms with van der Waals surface area (Å²) in [7, 11) is 1.98. The van der Waals surface area contributed by atoms with Gasteiger partial charge in [-0.2, -0.15) is 0 Å². The summed E-state index contributed by atoms with van der Waals surface area (Å²) in [6.45, 7) is 7.28. The molecule has 2 nitrogen and oxygen atoms in total. The van der Waals surface area contributed by atoms with Gasteiger partial charge in [-0.25, -0.2) is 0 Å². The molecular weight excluding hydrogens is 198 g/mol. The minimum Gasteiger partial charge on any atom is -0.492 e. The first-order valence-corrected chi connectivity index (χ1v) is 6.06. The summed E-state index contributed by atoms with van der Waals surface area (Å²) in [4.78, 5) is 0. The van der Waals surface area contributed by atoms with Crippen LogP contribution in [0.2, 0.25) is 0 Å². The molecule has 0 amide bonds. The molecular formula is C14H23NO. The standard InChI is InChI=1S/C14H23NO/c1-5-12-7-6-8-13(9-12)16-10-14(15-4)11(2)3/h6-9,11,14-15H,5,10H2,1-4H3. The number of benzene rings is 1. The van der Waals surface area contributed by atoms with Gasteiger partial charge >= 0.3 is 0 Å². The zero-order chi connectivity index (χ0) is 12.0. The molecule has 0 saturated heterocycles. The minimum atomic E-state index is 0.408. The Morgan fingerprint density at radius 1 is 1.31 bits per heavy atom. The van der Waals surface area contributed by atoms with Gasteiger partial charge in [0.15, 0.2) is 0 Å². The van der Waals surface area contributed by atoms with Gasteiger partial charge in [-0.1, -0.05) is 32.9 Å². The molecule has 0 radical (unpaired) electrons. The highest BCUT2D eigenvalue weighted by molar-refractivity contribution is 5.28. The van der Waals surface area contributed by atoms with Gasteiger partial charge < -0.3 is 10.1 Å². The monoisotopic (exact) mass is 221 g/mol. The molecule has 0 aliphatic rings. The molecule has 1 aromatic carbocycles. The van der Waals surface area contributed by atoms with E-state index in [1.807, 2.05) is 13.1 Å². The lowest BCUT2D eigenvalue weighted by Gasteiger charge is -2.20. The van der Waals surface area contributed by atoms with Crippen molar-refractivity contribution in [3.05, 3.63) is 29.8 Å². The van der Waals surface area contributed by atoms with Crippen molar-refractivity contribution in [2.75, 3.05) is 13.7 Å². The number of rotatable bonds is 6. The molecule has 0 bridgehead atoms. The lowest BCUT2D eigenvalue weighted by molar-refractivity contribution is 0.238. The van der Waals surface area contributed by atoms with Crippen LogP contribution in [0.5, 0.6) is 5.75 Å². The van der Waals surface area contributed by atoms with Gasteiger partial charge in [-0.05, 0) is 37.1 Å². The average molecular weight is 221 g/mol. The molecule has 1 aromatic rings. The van der Waals surface area contributed by atoms with Gasteiger partial charge in [0.1, 0.15) is 12.4 Å². The van der Waals surface area contributed by atoms with Crippen LogP contribution in [0.1, 0.15) is 26.3 Å². The largest absolute Gasteiger partial charge is 0.492 e. The zero-order valence-corrected chi connectivity index (χ0v) is 10.8. The van der Waals surface area contributed by atoms with E-state index in [1.165, 1.54) is 5.56 Å². The summed E-state index contributed by atoms with van der Waals surface area (Å²) in [5.41, 5.74) is 1.32. The fourth-order valence-corrected chi connectivity index (χ4v) is 1.65.